The first-order valence-corrected chi connectivity index (χ1v) is 8.89. The standard InChI is InChI=1S/C17H29NS/c1-4-18-17(11-14-9-10-19-12-14)16-7-5-15(6-8-16)13(2)3/h9-10,12-13,15-18H,4-8,11H2,1-3H3. The smallest absolute Gasteiger partial charge is 0.0136 e. The Labute approximate surface area is 122 Å². The lowest BCUT2D eigenvalue weighted by Crippen LogP contribution is -2.40. The van der Waals surface area contributed by atoms with Gasteiger partial charge >= 0.3 is 0 Å². The second kappa shape index (κ2) is 7.44. The molecular weight excluding hydrogens is 250 g/mol. The van der Waals surface area contributed by atoms with Gasteiger partial charge in [-0.15, -0.1) is 0 Å². The van der Waals surface area contributed by atoms with E-state index in [1.807, 2.05) is 11.3 Å². The molecule has 1 aliphatic rings. The van der Waals surface area contributed by atoms with Gasteiger partial charge in [0.2, 0.25) is 0 Å². The van der Waals surface area contributed by atoms with E-state index in [9.17, 15) is 0 Å². The molecule has 1 N–H and O–H groups in total. The van der Waals surface area contributed by atoms with Crippen LogP contribution in [0.15, 0.2) is 16.8 Å². The number of thiophene rings is 1. The molecule has 1 saturated carbocycles. The fourth-order valence-corrected chi connectivity index (χ4v) is 4.23. The van der Waals surface area contributed by atoms with Crippen molar-refractivity contribution in [2.24, 2.45) is 17.8 Å². The van der Waals surface area contributed by atoms with Crippen LogP contribution in [-0.2, 0) is 6.42 Å². The number of hydrogen-bond donors (Lipinski definition) is 1. The average Bonchev–Trinajstić information content (AvgIpc) is 2.91. The van der Waals surface area contributed by atoms with E-state index in [1.54, 1.807) is 0 Å². The van der Waals surface area contributed by atoms with Crippen LogP contribution < -0.4 is 5.32 Å². The molecule has 19 heavy (non-hydrogen) atoms. The van der Waals surface area contributed by atoms with Crippen LogP contribution in [0.5, 0.6) is 0 Å². The molecule has 0 bridgehead atoms. The third-order valence-corrected chi connectivity index (χ3v) is 5.56. The molecule has 1 unspecified atom stereocenters. The van der Waals surface area contributed by atoms with Crippen molar-refractivity contribution < 1.29 is 0 Å². The van der Waals surface area contributed by atoms with Gasteiger partial charge in [0.15, 0.2) is 0 Å². The summed E-state index contributed by atoms with van der Waals surface area (Å²) in [5.41, 5.74) is 1.52. The van der Waals surface area contributed by atoms with Crippen molar-refractivity contribution in [1.82, 2.24) is 5.32 Å². The molecule has 1 heterocycles. The van der Waals surface area contributed by atoms with Crippen LogP contribution in [0.25, 0.3) is 0 Å². The lowest BCUT2D eigenvalue weighted by molar-refractivity contribution is 0.188. The first-order valence-electron chi connectivity index (χ1n) is 7.95. The number of hydrogen-bond acceptors (Lipinski definition) is 2. The van der Waals surface area contributed by atoms with E-state index in [1.165, 1.54) is 37.7 Å². The minimum atomic E-state index is 0.688. The summed E-state index contributed by atoms with van der Waals surface area (Å²) in [6.07, 6.45) is 6.94. The van der Waals surface area contributed by atoms with Crippen molar-refractivity contribution >= 4 is 11.3 Å². The molecule has 0 aliphatic heterocycles. The zero-order valence-corrected chi connectivity index (χ0v) is 13.5. The van der Waals surface area contributed by atoms with Crippen LogP contribution in [0.4, 0.5) is 0 Å². The van der Waals surface area contributed by atoms with E-state index < -0.39 is 0 Å². The Morgan fingerprint density at radius 1 is 1.21 bits per heavy atom. The molecule has 0 radical (unpaired) electrons. The van der Waals surface area contributed by atoms with Gasteiger partial charge in [-0.25, -0.2) is 0 Å². The minimum absolute atomic E-state index is 0.688. The number of rotatable bonds is 6. The summed E-state index contributed by atoms with van der Waals surface area (Å²) in [7, 11) is 0. The summed E-state index contributed by atoms with van der Waals surface area (Å²) in [4.78, 5) is 0. The maximum absolute atomic E-state index is 3.74. The van der Waals surface area contributed by atoms with Crippen LogP contribution in [-0.4, -0.2) is 12.6 Å². The zero-order chi connectivity index (χ0) is 13.7. The summed E-state index contributed by atoms with van der Waals surface area (Å²) in [5.74, 6) is 2.73. The second-order valence-corrected chi connectivity index (χ2v) is 7.20. The fourth-order valence-electron chi connectivity index (χ4n) is 3.54. The quantitative estimate of drug-likeness (QED) is 0.793. The summed E-state index contributed by atoms with van der Waals surface area (Å²) in [6.45, 7) is 8.11. The highest BCUT2D eigenvalue weighted by molar-refractivity contribution is 7.07. The molecule has 2 heteroatoms. The predicted octanol–water partition coefficient (Wildman–Crippen LogP) is 4.73. The molecule has 1 fully saturated rings. The van der Waals surface area contributed by atoms with Crippen LogP contribution in [0.1, 0.15) is 52.0 Å². The molecular formula is C17H29NS. The molecule has 0 spiro atoms. The molecule has 2 rings (SSSR count). The van der Waals surface area contributed by atoms with Gasteiger partial charge in [-0.05, 0) is 78.8 Å². The second-order valence-electron chi connectivity index (χ2n) is 6.42. The summed E-state index contributed by atoms with van der Waals surface area (Å²) in [5, 5.41) is 8.25. The SMILES string of the molecule is CCNC(Cc1ccsc1)C1CCC(C(C)C)CC1. The fraction of sp³-hybridized carbons (Fsp3) is 0.765. The van der Waals surface area contributed by atoms with E-state index in [-0.39, 0.29) is 0 Å². The van der Waals surface area contributed by atoms with Gasteiger partial charge in [0.05, 0.1) is 0 Å². The van der Waals surface area contributed by atoms with Crippen molar-refractivity contribution in [3.63, 3.8) is 0 Å². The summed E-state index contributed by atoms with van der Waals surface area (Å²) < 4.78 is 0. The maximum Gasteiger partial charge on any atom is 0.0136 e. The normalized spacial score (nSPS) is 25.7. The molecule has 0 aromatic carbocycles. The monoisotopic (exact) mass is 279 g/mol. The molecule has 108 valence electrons. The predicted molar refractivity (Wildman–Crippen MR) is 85.8 cm³/mol. The van der Waals surface area contributed by atoms with Crippen molar-refractivity contribution in [3.8, 4) is 0 Å². The van der Waals surface area contributed by atoms with Crippen molar-refractivity contribution in [1.29, 1.82) is 0 Å². The third-order valence-electron chi connectivity index (χ3n) is 4.83. The molecule has 0 amide bonds. The lowest BCUT2D eigenvalue weighted by atomic mass is 9.73. The maximum atomic E-state index is 3.74. The Hall–Kier alpha value is -0.340. The van der Waals surface area contributed by atoms with Crippen LogP contribution in [0.2, 0.25) is 0 Å². The Kier molecular flexibility index (Phi) is 5.90. The van der Waals surface area contributed by atoms with Crippen molar-refractivity contribution in [2.45, 2.75) is 58.9 Å². The number of nitrogens with one attached hydrogen (secondary N) is 1. The molecule has 1 aromatic rings. The first-order chi connectivity index (χ1) is 9.20. The Bertz CT molecular complexity index is 336. The van der Waals surface area contributed by atoms with Gasteiger partial charge in [-0.2, -0.15) is 11.3 Å². The van der Waals surface area contributed by atoms with Gasteiger partial charge in [0.25, 0.3) is 0 Å². The molecule has 0 saturated heterocycles. The Morgan fingerprint density at radius 3 is 2.42 bits per heavy atom. The molecule has 1 nitrogen and oxygen atoms in total. The average molecular weight is 279 g/mol. The Morgan fingerprint density at radius 2 is 1.89 bits per heavy atom. The topological polar surface area (TPSA) is 12.0 Å². The minimum Gasteiger partial charge on any atom is -0.314 e. The first kappa shape index (κ1) is 15.1. The highest BCUT2D eigenvalue weighted by Crippen LogP contribution is 2.35. The zero-order valence-electron chi connectivity index (χ0n) is 12.7. The third kappa shape index (κ3) is 4.32. The molecule has 1 atom stereocenters. The van der Waals surface area contributed by atoms with Crippen LogP contribution in [0, 0.1) is 17.8 Å². The van der Waals surface area contributed by atoms with E-state index in [4.69, 9.17) is 0 Å². The highest BCUT2D eigenvalue weighted by atomic mass is 32.1. The summed E-state index contributed by atoms with van der Waals surface area (Å²) in [6, 6.07) is 2.97. The van der Waals surface area contributed by atoms with Gasteiger partial charge in [-0.1, -0.05) is 20.8 Å². The van der Waals surface area contributed by atoms with E-state index in [0.717, 1.165) is 24.3 Å². The van der Waals surface area contributed by atoms with Crippen molar-refractivity contribution in [2.75, 3.05) is 6.54 Å². The van der Waals surface area contributed by atoms with Gasteiger partial charge in [0.1, 0.15) is 0 Å². The number of likely N-dealkylation sites (N-methyl/N-ethyl adjacent to an activating group) is 1. The van der Waals surface area contributed by atoms with Crippen LogP contribution in [0.3, 0.4) is 0 Å². The van der Waals surface area contributed by atoms with E-state index in [0.29, 0.717) is 6.04 Å². The van der Waals surface area contributed by atoms with E-state index >= 15 is 0 Å². The van der Waals surface area contributed by atoms with Gasteiger partial charge in [0, 0.05) is 6.04 Å². The van der Waals surface area contributed by atoms with Crippen molar-refractivity contribution in [3.05, 3.63) is 22.4 Å². The van der Waals surface area contributed by atoms with E-state index in [2.05, 4.69) is 42.9 Å². The van der Waals surface area contributed by atoms with Crippen LogP contribution >= 0.6 is 11.3 Å². The highest BCUT2D eigenvalue weighted by Gasteiger charge is 2.28. The Balaban J connectivity index is 1.89. The van der Waals surface area contributed by atoms with Gasteiger partial charge < -0.3 is 5.32 Å². The molecule has 1 aromatic heterocycles. The van der Waals surface area contributed by atoms with Gasteiger partial charge in [-0.3, -0.25) is 0 Å². The summed E-state index contributed by atoms with van der Waals surface area (Å²) >= 11 is 1.82. The molecule has 1 aliphatic carbocycles. The largest absolute Gasteiger partial charge is 0.314 e. The lowest BCUT2D eigenvalue weighted by Gasteiger charge is -2.35.